The van der Waals surface area contributed by atoms with Gasteiger partial charge in [0.2, 0.25) is 0 Å². The Bertz CT molecular complexity index is 139. The van der Waals surface area contributed by atoms with Crippen molar-refractivity contribution in [1.29, 1.82) is 0 Å². The minimum Gasteiger partial charge on any atom is -0.466 e. The fourth-order valence-corrected chi connectivity index (χ4v) is 2.43. The molecule has 0 N–H and O–H groups in total. The summed E-state index contributed by atoms with van der Waals surface area (Å²) in [5, 5.41) is 0. The normalized spacial score (nSPS) is 24.6. The Morgan fingerprint density at radius 3 is 3.08 bits per heavy atom. The van der Waals surface area contributed by atoms with Crippen LogP contribution in [0.2, 0.25) is 0 Å². The zero-order chi connectivity index (χ0) is 8.81. The summed E-state index contributed by atoms with van der Waals surface area (Å²) < 4.78 is 4.99. The third-order valence-electron chi connectivity index (χ3n) is 2.07. The number of hydrogen-bond donors (Lipinski definition) is 0. The van der Waals surface area contributed by atoms with Crippen molar-refractivity contribution >= 4 is 17.7 Å². The number of carbonyl (C=O) groups is 1. The van der Waals surface area contributed by atoms with Gasteiger partial charge in [0.05, 0.1) is 12.5 Å². The van der Waals surface area contributed by atoms with Crippen LogP contribution in [0.25, 0.3) is 0 Å². The van der Waals surface area contributed by atoms with Gasteiger partial charge in [-0.1, -0.05) is 0 Å². The van der Waals surface area contributed by atoms with E-state index in [4.69, 9.17) is 4.74 Å². The van der Waals surface area contributed by atoms with Crippen molar-refractivity contribution in [2.45, 2.75) is 26.2 Å². The largest absolute Gasteiger partial charge is 0.466 e. The predicted octanol–water partition coefficient (Wildman–Crippen LogP) is 2.08. The van der Waals surface area contributed by atoms with Crippen molar-refractivity contribution in [2.24, 2.45) is 5.92 Å². The van der Waals surface area contributed by atoms with Crippen LogP contribution in [0.3, 0.4) is 0 Å². The van der Waals surface area contributed by atoms with Crippen LogP contribution < -0.4 is 0 Å². The van der Waals surface area contributed by atoms with E-state index < -0.39 is 0 Å². The average Bonchev–Trinajstić information content (AvgIpc) is 2.32. The Morgan fingerprint density at radius 1 is 1.50 bits per heavy atom. The van der Waals surface area contributed by atoms with Gasteiger partial charge in [0.15, 0.2) is 0 Å². The molecule has 2 nitrogen and oxygen atoms in total. The fourth-order valence-electron chi connectivity index (χ4n) is 1.40. The molecule has 12 heavy (non-hydrogen) atoms. The summed E-state index contributed by atoms with van der Waals surface area (Å²) in [6.45, 7) is 2.38. The van der Waals surface area contributed by atoms with Crippen molar-refractivity contribution in [1.82, 2.24) is 0 Å². The zero-order valence-electron chi connectivity index (χ0n) is 7.54. The van der Waals surface area contributed by atoms with Crippen molar-refractivity contribution in [3.05, 3.63) is 0 Å². The molecule has 0 bridgehead atoms. The van der Waals surface area contributed by atoms with Crippen LogP contribution in [0.1, 0.15) is 26.2 Å². The SMILES string of the molecule is CCOC(=O)[C@H]1CCCSCC1. The third kappa shape index (κ3) is 3.05. The molecule has 0 spiro atoms. The summed E-state index contributed by atoms with van der Waals surface area (Å²) in [6, 6.07) is 0. The molecular weight excluding hydrogens is 172 g/mol. The number of carbonyl (C=O) groups excluding carboxylic acids is 1. The van der Waals surface area contributed by atoms with E-state index in [2.05, 4.69) is 0 Å². The van der Waals surface area contributed by atoms with Crippen LogP contribution in [0.15, 0.2) is 0 Å². The molecule has 0 amide bonds. The first-order chi connectivity index (χ1) is 5.84. The van der Waals surface area contributed by atoms with Gasteiger partial charge >= 0.3 is 5.97 Å². The number of esters is 1. The van der Waals surface area contributed by atoms with Crippen LogP contribution in [-0.4, -0.2) is 24.1 Å². The number of thioether (sulfide) groups is 1. The molecular formula is C9H16O2S. The van der Waals surface area contributed by atoms with Gasteiger partial charge in [-0.2, -0.15) is 11.8 Å². The molecule has 0 aromatic heterocycles. The lowest BCUT2D eigenvalue weighted by molar-refractivity contribution is -0.148. The lowest BCUT2D eigenvalue weighted by Gasteiger charge is -2.11. The number of ether oxygens (including phenoxy) is 1. The summed E-state index contributed by atoms with van der Waals surface area (Å²) in [5.41, 5.74) is 0. The summed E-state index contributed by atoms with van der Waals surface area (Å²) in [6.07, 6.45) is 3.18. The Labute approximate surface area is 78.1 Å². The molecule has 0 aromatic carbocycles. The molecule has 1 fully saturated rings. The molecule has 0 aliphatic carbocycles. The van der Waals surface area contributed by atoms with Crippen molar-refractivity contribution in [3.63, 3.8) is 0 Å². The van der Waals surface area contributed by atoms with Gasteiger partial charge in [0.1, 0.15) is 0 Å². The Kier molecular flexibility index (Phi) is 4.51. The molecule has 1 rings (SSSR count). The Balaban J connectivity index is 2.32. The Morgan fingerprint density at radius 2 is 2.33 bits per heavy atom. The van der Waals surface area contributed by atoms with Gasteiger partial charge in [-0.25, -0.2) is 0 Å². The second-order valence-electron chi connectivity index (χ2n) is 2.99. The second kappa shape index (κ2) is 5.46. The summed E-state index contributed by atoms with van der Waals surface area (Å²) in [4.78, 5) is 11.3. The molecule has 1 heterocycles. The van der Waals surface area contributed by atoms with E-state index in [9.17, 15) is 4.79 Å². The minimum atomic E-state index is 0.0139. The monoisotopic (exact) mass is 188 g/mol. The molecule has 0 radical (unpaired) electrons. The van der Waals surface area contributed by atoms with E-state index in [-0.39, 0.29) is 11.9 Å². The van der Waals surface area contributed by atoms with Gasteiger partial charge in [0, 0.05) is 0 Å². The maximum atomic E-state index is 11.3. The van der Waals surface area contributed by atoms with Gasteiger partial charge in [0.25, 0.3) is 0 Å². The molecule has 0 saturated carbocycles. The maximum absolute atomic E-state index is 11.3. The van der Waals surface area contributed by atoms with E-state index in [1.807, 2.05) is 18.7 Å². The highest BCUT2D eigenvalue weighted by molar-refractivity contribution is 7.99. The Hall–Kier alpha value is -0.180. The molecule has 0 aromatic rings. The second-order valence-corrected chi connectivity index (χ2v) is 4.22. The maximum Gasteiger partial charge on any atom is 0.308 e. The predicted molar refractivity (Wildman–Crippen MR) is 51.3 cm³/mol. The molecule has 1 saturated heterocycles. The molecule has 1 aliphatic heterocycles. The van der Waals surface area contributed by atoms with Crippen molar-refractivity contribution < 1.29 is 9.53 Å². The third-order valence-corrected chi connectivity index (χ3v) is 3.17. The zero-order valence-corrected chi connectivity index (χ0v) is 8.36. The number of rotatable bonds is 2. The molecule has 1 atom stereocenters. The highest BCUT2D eigenvalue weighted by atomic mass is 32.2. The van der Waals surface area contributed by atoms with Gasteiger partial charge in [-0.3, -0.25) is 4.79 Å². The van der Waals surface area contributed by atoms with E-state index in [0.717, 1.165) is 25.0 Å². The minimum absolute atomic E-state index is 0.0139. The topological polar surface area (TPSA) is 26.3 Å². The van der Waals surface area contributed by atoms with Crippen LogP contribution in [0.4, 0.5) is 0 Å². The van der Waals surface area contributed by atoms with Crippen LogP contribution >= 0.6 is 11.8 Å². The summed E-state index contributed by atoms with van der Waals surface area (Å²) in [7, 11) is 0. The summed E-state index contributed by atoms with van der Waals surface area (Å²) in [5.74, 6) is 2.51. The quantitative estimate of drug-likeness (QED) is 0.621. The van der Waals surface area contributed by atoms with Crippen molar-refractivity contribution in [3.8, 4) is 0 Å². The van der Waals surface area contributed by atoms with Gasteiger partial charge < -0.3 is 4.74 Å². The first kappa shape index (κ1) is 9.90. The van der Waals surface area contributed by atoms with E-state index >= 15 is 0 Å². The first-order valence-electron chi connectivity index (χ1n) is 4.59. The van der Waals surface area contributed by atoms with Crippen LogP contribution in [0.5, 0.6) is 0 Å². The number of hydrogen-bond acceptors (Lipinski definition) is 3. The standard InChI is InChI=1S/C9H16O2S/c1-2-11-9(10)8-4-3-6-12-7-5-8/h8H,2-7H2,1H3/t8-/m0/s1. The van der Waals surface area contributed by atoms with E-state index in [0.29, 0.717) is 6.61 Å². The fraction of sp³-hybridized carbons (Fsp3) is 0.889. The smallest absolute Gasteiger partial charge is 0.308 e. The van der Waals surface area contributed by atoms with Crippen LogP contribution in [0, 0.1) is 5.92 Å². The highest BCUT2D eigenvalue weighted by Crippen LogP contribution is 2.22. The highest BCUT2D eigenvalue weighted by Gasteiger charge is 2.20. The lowest BCUT2D eigenvalue weighted by atomic mass is 10.0. The van der Waals surface area contributed by atoms with Gasteiger partial charge in [-0.15, -0.1) is 0 Å². The molecule has 0 unspecified atom stereocenters. The first-order valence-corrected chi connectivity index (χ1v) is 5.74. The summed E-state index contributed by atoms with van der Waals surface area (Å²) >= 11 is 1.95. The van der Waals surface area contributed by atoms with Crippen molar-refractivity contribution in [2.75, 3.05) is 18.1 Å². The lowest BCUT2D eigenvalue weighted by Crippen LogP contribution is -2.17. The molecule has 70 valence electrons. The van der Waals surface area contributed by atoms with Crippen LogP contribution in [-0.2, 0) is 9.53 Å². The van der Waals surface area contributed by atoms with E-state index in [1.54, 1.807) is 0 Å². The molecule has 3 heteroatoms. The molecule has 1 aliphatic rings. The van der Waals surface area contributed by atoms with E-state index in [1.165, 1.54) is 5.75 Å². The average molecular weight is 188 g/mol. The van der Waals surface area contributed by atoms with Gasteiger partial charge in [-0.05, 0) is 37.7 Å².